The largest absolute Gasteiger partial charge is 0.434 e. The molecule has 0 saturated carbocycles. The molecule has 0 aromatic rings. The standard InChI is InChI=1S/C8O/c1-4-7(5-2)8(9)6-3/q-2. The fourth-order valence-electron chi connectivity index (χ4n) is 0.207. The molecule has 0 saturated heterocycles. The smallest absolute Gasteiger partial charge is 0.000119 e. The van der Waals surface area contributed by atoms with Crippen LogP contribution in [0, 0.1) is 42.9 Å². The monoisotopic (exact) mass is 112 g/mol. The van der Waals surface area contributed by atoms with Gasteiger partial charge in [-0.3, -0.25) is 0 Å². The number of carbonyl (C=O) groups excluding carboxylic acids is 1. The van der Waals surface area contributed by atoms with E-state index in [1.165, 1.54) is 5.92 Å². The first-order valence-corrected chi connectivity index (χ1v) is 1.95. The summed E-state index contributed by atoms with van der Waals surface area (Å²) < 4.78 is 0. The van der Waals surface area contributed by atoms with Crippen LogP contribution in [0.3, 0.4) is 0 Å². The highest BCUT2D eigenvalue weighted by atomic mass is 16.1. The summed E-state index contributed by atoms with van der Waals surface area (Å²) in [7, 11) is 0. The predicted molar refractivity (Wildman–Crippen MR) is 29.6 cm³/mol. The maximum atomic E-state index is 10.3. The molecular formula is C8O-2. The summed E-state index contributed by atoms with van der Waals surface area (Å²) in [5, 5.41) is 0. The Balaban J connectivity index is 4.27. The van der Waals surface area contributed by atoms with E-state index in [1.54, 1.807) is 11.8 Å². The lowest BCUT2D eigenvalue weighted by Crippen LogP contribution is -2.03. The average Bonchev–Trinajstić information content (AvgIpc) is 1.90. The van der Waals surface area contributed by atoms with Crippen LogP contribution in [0.15, 0.2) is 0 Å². The van der Waals surface area contributed by atoms with E-state index < -0.39 is 5.78 Å². The molecule has 0 bridgehead atoms. The first-order valence-electron chi connectivity index (χ1n) is 1.95. The molecule has 9 heavy (non-hydrogen) atoms. The van der Waals surface area contributed by atoms with Crippen molar-refractivity contribution in [1.29, 1.82) is 0 Å². The van der Waals surface area contributed by atoms with Crippen molar-refractivity contribution < 1.29 is 4.79 Å². The lowest BCUT2D eigenvalue weighted by molar-refractivity contribution is -0.111. The fourth-order valence-corrected chi connectivity index (χ4v) is 0.207. The van der Waals surface area contributed by atoms with E-state index in [0.29, 0.717) is 0 Å². The highest BCUT2D eigenvalue weighted by Gasteiger charge is 1.87. The molecule has 0 aliphatic rings. The van der Waals surface area contributed by atoms with E-state index in [2.05, 4.69) is 0 Å². The predicted octanol–water partition coefficient (Wildman–Crippen LogP) is -0.101. The average molecular weight is 112 g/mol. The maximum Gasteiger partial charge on any atom is -0.000119 e. The first-order chi connectivity index (χ1) is 4.26. The third-order valence-corrected chi connectivity index (χ3v) is 0.591. The van der Waals surface area contributed by atoms with Crippen LogP contribution in [0.25, 0.3) is 0 Å². The molecule has 0 rings (SSSR count). The summed E-state index contributed by atoms with van der Waals surface area (Å²) in [4.78, 5) is 10.3. The second kappa shape index (κ2) is 3.25. The van der Waals surface area contributed by atoms with Gasteiger partial charge in [0.25, 0.3) is 0 Å². The fraction of sp³-hybridized carbons (Fsp3) is 0. The van der Waals surface area contributed by atoms with Crippen LogP contribution in [0.1, 0.15) is 0 Å². The van der Waals surface area contributed by atoms with E-state index in [0.717, 1.165) is 0 Å². The molecule has 0 heterocycles. The van der Waals surface area contributed by atoms with E-state index >= 15 is 0 Å². The Morgan fingerprint density at radius 2 is 1.67 bits per heavy atom. The molecule has 0 aromatic heterocycles. The molecule has 0 aromatic carbocycles. The van der Waals surface area contributed by atoms with Crippen molar-refractivity contribution in [1.82, 2.24) is 0 Å². The van der Waals surface area contributed by atoms with Gasteiger partial charge in [-0.2, -0.15) is 24.7 Å². The molecule has 0 aliphatic heterocycles. The number of hydrogen-bond acceptors (Lipinski definition) is 1. The molecule has 0 atom stereocenters. The topological polar surface area (TPSA) is 17.1 Å². The van der Waals surface area contributed by atoms with E-state index in [1.807, 2.05) is 0 Å². The lowest BCUT2D eigenvalue weighted by atomic mass is 10.1. The van der Waals surface area contributed by atoms with Crippen LogP contribution in [0.2, 0.25) is 0 Å². The SMILES string of the molecule is [C-]#CC(=O)[C+](C#[C-])C#[C-]. The van der Waals surface area contributed by atoms with E-state index in [4.69, 9.17) is 19.3 Å². The van der Waals surface area contributed by atoms with Gasteiger partial charge in [0.2, 0.25) is 0 Å². The van der Waals surface area contributed by atoms with Crippen molar-refractivity contribution in [2.24, 2.45) is 0 Å². The zero-order chi connectivity index (χ0) is 7.28. The van der Waals surface area contributed by atoms with Gasteiger partial charge in [0, 0.05) is 0 Å². The Bertz CT molecular complexity index is 215. The van der Waals surface area contributed by atoms with Gasteiger partial charge >= 0.3 is 0 Å². The lowest BCUT2D eigenvalue weighted by Gasteiger charge is -2.09. The van der Waals surface area contributed by atoms with Gasteiger partial charge in [-0.1, -0.05) is 0 Å². The van der Waals surface area contributed by atoms with Crippen LogP contribution < -0.4 is 0 Å². The maximum absolute atomic E-state index is 10.3. The van der Waals surface area contributed by atoms with Gasteiger partial charge in [-0.05, 0) is 11.7 Å². The van der Waals surface area contributed by atoms with Crippen LogP contribution in [-0.2, 0) is 4.79 Å². The van der Waals surface area contributed by atoms with Crippen molar-refractivity contribution in [3.8, 4) is 17.8 Å². The summed E-state index contributed by atoms with van der Waals surface area (Å²) in [6.07, 6.45) is 19.0. The number of Topliss-reactive ketones (excluding diaryl/α,β-unsaturated/α-hetero) is 1. The number of ketones is 1. The minimum Gasteiger partial charge on any atom is -0.434 e. The molecular weight excluding hydrogens is 112 g/mol. The second-order valence-corrected chi connectivity index (χ2v) is 1.08. The van der Waals surface area contributed by atoms with E-state index in [-0.39, 0.29) is 5.92 Å². The third kappa shape index (κ3) is 1.64. The molecule has 0 N–H and O–H groups in total. The van der Waals surface area contributed by atoms with Crippen molar-refractivity contribution in [3.05, 3.63) is 25.2 Å². The molecule has 40 valence electrons. The van der Waals surface area contributed by atoms with Crippen LogP contribution in [0.4, 0.5) is 0 Å². The minimum atomic E-state index is -0.847. The van der Waals surface area contributed by atoms with Crippen molar-refractivity contribution in [2.45, 2.75) is 0 Å². The molecule has 0 spiro atoms. The Morgan fingerprint density at radius 3 is 1.78 bits per heavy atom. The zero-order valence-corrected chi connectivity index (χ0v) is 4.41. The number of hydrogen-bond donors (Lipinski definition) is 0. The van der Waals surface area contributed by atoms with Crippen LogP contribution in [0.5, 0.6) is 0 Å². The molecule has 0 aliphatic carbocycles. The Kier molecular flexibility index (Phi) is 2.61. The summed E-state index contributed by atoms with van der Waals surface area (Å²) in [5.74, 6) is 3.52. The van der Waals surface area contributed by atoms with Crippen molar-refractivity contribution >= 4 is 5.78 Å². The molecule has 1 heteroatoms. The summed E-state index contributed by atoms with van der Waals surface area (Å²) in [6, 6.07) is 0. The number of carbonyl (C=O) groups is 1. The summed E-state index contributed by atoms with van der Waals surface area (Å²) in [5.41, 5.74) is 0. The quantitative estimate of drug-likeness (QED) is 0.342. The Morgan fingerprint density at radius 1 is 1.22 bits per heavy atom. The first kappa shape index (κ1) is 7.22. The van der Waals surface area contributed by atoms with Gasteiger partial charge in [-0.25, -0.2) is 0 Å². The molecule has 0 radical (unpaired) electrons. The molecule has 1 nitrogen and oxygen atoms in total. The van der Waals surface area contributed by atoms with E-state index in [9.17, 15) is 4.79 Å². The normalized spacial score (nSPS) is 5.89. The highest BCUT2D eigenvalue weighted by molar-refractivity contribution is 6.10. The van der Waals surface area contributed by atoms with Gasteiger partial charge in [0.1, 0.15) is 0 Å². The second-order valence-electron chi connectivity index (χ2n) is 1.08. The third-order valence-electron chi connectivity index (χ3n) is 0.591. The molecule has 0 unspecified atom stereocenters. The van der Waals surface area contributed by atoms with Crippen molar-refractivity contribution in [3.63, 3.8) is 0 Å². The van der Waals surface area contributed by atoms with Gasteiger partial charge < -0.3 is 17.1 Å². The zero-order valence-electron chi connectivity index (χ0n) is 4.41. The van der Waals surface area contributed by atoms with Gasteiger partial charge in [-0.15, -0.1) is 0 Å². The Labute approximate surface area is 54.5 Å². The number of rotatable bonds is 1. The van der Waals surface area contributed by atoms with Gasteiger partial charge in [0.05, 0.1) is 0 Å². The van der Waals surface area contributed by atoms with Crippen LogP contribution >= 0.6 is 0 Å². The Hall–Kier alpha value is -1.78. The van der Waals surface area contributed by atoms with Crippen LogP contribution in [-0.4, -0.2) is 5.78 Å². The molecule has 0 fully saturated rings. The van der Waals surface area contributed by atoms with Gasteiger partial charge in [0.15, 0.2) is 0 Å². The molecule has 0 amide bonds. The minimum absolute atomic E-state index is 0.384. The van der Waals surface area contributed by atoms with Crippen molar-refractivity contribution in [2.75, 3.05) is 0 Å². The highest BCUT2D eigenvalue weighted by Crippen LogP contribution is 1.94. The summed E-state index contributed by atoms with van der Waals surface area (Å²) >= 11 is 0. The summed E-state index contributed by atoms with van der Waals surface area (Å²) in [6.45, 7) is 0.